The van der Waals surface area contributed by atoms with Gasteiger partial charge in [-0.3, -0.25) is 14.9 Å². The zero-order chi connectivity index (χ0) is 20.0. The number of carbonyl (C=O) groups is 1. The van der Waals surface area contributed by atoms with E-state index in [4.69, 9.17) is 0 Å². The Morgan fingerprint density at radius 1 is 1.26 bits per heavy atom. The number of anilines is 1. The third-order valence-corrected chi connectivity index (χ3v) is 4.18. The van der Waals surface area contributed by atoms with Crippen LogP contribution in [0, 0.1) is 17.0 Å². The molecule has 142 valence electrons. The molecule has 2 aromatic rings. The second-order valence-electron chi connectivity index (χ2n) is 5.87. The van der Waals surface area contributed by atoms with E-state index in [0.717, 1.165) is 18.8 Å². The highest BCUT2D eigenvalue weighted by atomic mass is 16.6. The number of amides is 1. The lowest BCUT2D eigenvalue weighted by Gasteiger charge is -2.21. The highest BCUT2D eigenvalue weighted by Gasteiger charge is 2.14. The molecule has 0 aromatic heterocycles. The normalized spacial score (nSPS) is 10.8. The predicted molar refractivity (Wildman–Crippen MR) is 105 cm³/mol. The van der Waals surface area contributed by atoms with Crippen LogP contribution in [0.2, 0.25) is 0 Å². The fourth-order valence-corrected chi connectivity index (χ4v) is 2.60. The van der Waals surface area contributed by atoms with Gasteiger partial charge >= 0.3 is 0 Å². The van der Waals surface area contributed by atoms with Gasteiger partial charge < -0.3 is 10.0 Å². The van der Waals surface area contributed by atoms with Gasteiger partial charge in [0.05, 0.1) is 11.1 Å². The Bertz CT molecular complexity index is 876. The number of hydrogen-bond acceptors (Lipinski definition) is 6. The first kappa shape index (κ1) is 19.9. The fourth-order valence-electron chi connectivity index (χ4n) is 2.60. The number of benzene rings is 2. The summed E-state index contributed by atoms with van der Waals surface area (Å²) in [6.45, 7) is 7.30. The molecule has 0 fully saturated rings. The van der Waals surface area contributed by atoms with Gasteiger partial charge in [-0.25, -0.2) is 5.43 Å². The van der Waals surface area contributed by atoms with Crippen LogP contribution >= 0.6 is 0 Å². The Morgan fingerprint density at radius 3 is 2.56 bits per heavy atom. The lowest BCUT2D eigenvalue weighted by atomic mass is 10.1. The molecule has 2 N–H and O–H groups in total. The molecule has 2 aromatic carbocycles. The SMILES string of the molecule is CCN(CC)c1ccc(C=NNC(=O)c2ccc(C)c([N+](=O)[O-])c2)c(O)c1. The summed E-state index contributed by atoms with van der Waals surface area (Å²) in [6.07, 6.45) is 1.32. The lowest BCUT2D eigenvalue weighted by Crippen LogP contribution is -2.21. The molecule has 1 amide bonds. The summed E-state index contributed by atoms with van der Waals surface area (Å²) < 4.78 is 0. The Hall–Kier alpha value is -3.42. The summed E-state index contributed by atoms with van der Waals surface area (Å²) in [7, 11) is 0. The number of aryl methyl sites for hydroxylation is 1. The topological polar surface area (TPSA) is 108 Å². The zero-order valence-electron chi connectivity index (χ0n) is 15.5. The van der Waals surface area contributed by atoms with Gasteiger partial charge in [0.15, 0.2) is 0 Å². The number of nitro groups is 1. The summed E-state index contributed by atoms with van der Waals surface area (Å²) >= 11 is 0. The fraction of sp³-hybridized carbons (Fsp3) is 0.263. The van der Waals surface area contributed by atoms with Crippen molar-refractivity contribution < 1.29 is 14.8 Å². The first-order valence-corrected chi connectivity index (χ1v) is 8.53. The Morgan fingerprint density at radius 2 is 1.96 bits per heavy atom. The summed E-state index contributed by atoms with van der Waals surface area (Å²) in [5.41, 5.74) is 4.12. The van der Waals surface area contributed by atoms with Gasteiger partial charge in [0.25, 0.3) is 11.6 Å². The van der Waals surface area contributed by atoms with Crippen LogP contribution in [0.3, 0.4) is 0 Å². The molecule has 0 aliphatic carbocycles. The van der Waals surface area contributed by atoms with Crippen LogP contribution in [0.15, 0.2) is 41.5 Å². The molecule has 0 radical (unpaired) electrons. The Kier molecular flexibility index (Phi) is 6.48. The summed E-state index contributed by atoms with van der Waals surface area (Å²) in [5.74, 6) is -0.531. The maximum atomic E-state index is 12.1. The van der Waals surface area contributed by atoms with Gasteiger partial charge in [-0.15, -0.1) is 0 Å². The minimum atomic E-state index is -0.575. The van der Waals surface area contributed by atoms with Gasteiger partial charge in [-0.1, -0.05) is 6.07 Å². The third-order valence-electron chi connectivity index (χ3n) is 4.18. The van der Waals surface area contributed by atoms with Crippen LogP contribution in [0.4, 0.5) is 11.4 Å². The second-order valence-corrected chi connectivity index (χ2v) is 5.87. The first-order valence-electron chi connectivity index (χ1n) is 8.53. The van der Waals surface area contributed by atoms with Crippen molar-refractivity contribution in [2.75, 3.05) is 18.0 Å². The molecule has 0 atom stereocenters. The number of rotatable bonds is 7. The largest absolute Gasteiger partial charge is 0.507 e. The number of carbonyl (C=O) groups excluding carboxylic acids is 1. The number of hydrogen-bond donors (Lipinski definition) is 2. The molecule has 0 heterocycles. The van der Waals surface area contributed by atoms with Crippen molar-refractivity contribution in [2.45, 2.75) is 20.8 Å². The summed E-state index contributed by atoms with van der Waals surface area (Å²) in [6, 6.07) is 9.41. The minimum absolute atomic E-state index is 0.0448. The van der Waals surface area contributed by atoms with Gasteiger partial charge in [-0.2, -0.15) is 5.10 Å². The van der Waals surface area contributed by atoms with E-state index < -0.39 is 10.8 Å². The maximum absolute atomic E-state index is 12.1. The van der Waals surface area contributed by atoms with Crippen molar-refractivity contribution in [3.63, 3.8) is 0 Å². The van der Waals surface area contributed by atoms with Gasteiger partial charge in [0, 0.05) is 47.6 Å². The molecule has 0 aliphatic rings. The van der Waals surface area contributed by atoms with Crippen LogP contribution in [0.1, 0.15) is 35.3 Å². The molecule has 0 saturated heterocycles. The van der Waals surface area contributed by atoms with Crippen LogP contribution in [-0.4, -0.2) is 35.2 Å². The van der Waals surface area contributed by atoms with E-state index in [1.165, 1.54) is 24.4 Å². The standard InChI is InChI=1S/C19H22N4O4/c1-4-22(5-2)16-9-8-15(18(24)11-16)12-20-21-19(25)14-7-6-13(3)17(10-14)23(26)27/h6-12,24H,4-5H2,1-3H3,(H,21,25). The Balaban J connectivity index is 2.10. The third kappa shape index (κ3) is 4.81. The number of phenols is 1. The minimum Gasteiger partial charge on any atom is -0.507 e. The van der Waals surface area contributed by atoms with Crippen molar-refractivity contribution in [1.29, 1.82) is 0 Å². The summed E-state index contributed by atoms with van der Waals surface area (Å²) in [4.78, 5) is 24.6. The molecular formula is C19H22N4O4. The molecular weight excluding hydrogens is 348 g/mol. The molecule has 0 aliphatic heterocycles. The van der Waals surface area contributed by atoms with E-state index in [9.17, 15) is 20.0 Å². The van der Waals surface area contributed by atoms with Gasteiger partial charge in [0.2, 0.25) is 0 Å². The van der Waals surface area contributed by atoms with Crippen molar-refractivity contribution >= 4 is 23.5 Å². The molecule has 8 nitrogen and oxygen atoms in total. The number of nitro benzene ring substituents is 1. The number of hydrazone groups is 1. The van der Waals surface area contributed by atoms with Crippen LogP contribution in [-0.2, 0) is 0 Å². The van der Waals surface area contributed by atoms with Crippen molar-refractivity contribution in [2.24, 2.45) is 5.10 Å². The van der Waals surface area contributed by atoms with E-state index in [1.54, 1.807) is 19.1 Å². The number of aromatic hydroxyl groups is 1. The van der Waals surface area contributed by atoms with E-state index in [0.29, 0.717) is 11.1 Å². The van der Waals surface area contributed by atoms with Crippen LogP contribution in [0.25, 0.3) is 0 Å². The van der Waals surface area contributed by atoms with Gasteiger partial charge in [0.1, 0.15) is 5.75 Å². The average molecular weight is 370 g/mol. The molecule has 0 bridgehead atoms. The second kappa shape index (κ2) is 8.79. The lowest BCUT2D eigenvalue weighted by molar-refractivity contribution is -0.385. The quantitative estimate of drug-likeness (QED) is 0.442. The summed E-state index contributed by atoms with van der Waals surface area (Å²) in [5, 5.41) is 24.9. The molecule has 0 spiro atoms. The van der Waals surface area contributed by atoms with E-state index in [-0.39, 0.29) is 17.0 Å². The van der Waals surface area contributed by atoms with E-state index in [2.05, 4.69) is 15.4 Å². The highest BCUT2D eigenvalue weighted by molar-refractivity contribution is 5.95. The van der Waals surface area contributed by atoms with Crippen LogP contribution in [0.5, 0.6) is 5.75 Å². The Labute approximate surface area is 157 Å². The molecule has 8 heteroatoms. The smallest absolute Gasteiger partial charge is 0.273 e. The monoisotopic (exact) mass is 370 g/mol. The van der Waals surface area contributed by atoms with Crippen LogP contribution < -0.4 is 10.3 Å². The van der Waals surface area contributed by atoms with E-state index >= 15 is 0 Å². The van der Waals surface area contributed by atoms with Crippen molar-refractivity contribution in [3.05, 3.63) is 63.2 Å². The molecule has 0 unspecified atom stereocenters. The number of nitrogens with one attached hydrogen (secondary N) is 1. The first-order chi connectivity index (χ1) is 12.9. The van der Waals surface area contributed by atoms with Gasteiger partial charge in [-0.05, 0) is 39.0 Å². The zero-order valence-corrected chi connectivity index (χ0v) is 15.5. The van der Waals surface area contributed by atoms with Crippen molar-refractivity contribution in [1.82, 2.24) is 5.43 Å². The highest BCUT2D eigenvalue weighted by Crippen LogP contribution is 2.23. The number of phenolic OH excluding ortho intramolecular Hbond substituents is 1. The molecule has 2 rings (SSSR count). The number of nitrogens with zero attached hydrogens (tertiary/aromatic N) is 3. The molecule has 0 saturated carbocycles. The van der Waals surface area contributed by atoms with E-state index in [1.807, 2.05) is 19.9 Å². The molecule has 27 heavy (non-hydrogen) atoms. The maximum Gasteiger partial charge on any atom is 0.273 e. The predicted octanol–water partition coefficient (Wildman–Crippen LogP) is 3.22. The average Bonchev–Trinajstić information content (AvgIpc) is 2.64. The van der Waals surface area contributed by atoms with Crippen molar-refractivity contribution in [3.8, 4) is 5.75 Å².